The molecular weight excluding hydrogens is 277 g/mol. The number of pyridine rings is 1. The smallest absolute Gasteiger partial charge is 0.189 e. The van der Waals surface area contributed by atoms with E-state index >= 15 is 0 Å². The Morgan fingerprint density at radius 2 is 2.08 bits per heavy atom. The highest BCUT2D eigenvalue weighted by molar-refractivity contribution is 14.1. The number of rotatable bonds is 0. The molecule has 0 aliphatic rings. The summed E-state index contributed by atoms with van der Waals surface area (Å²) < 4.78 is 3.04. The van der Waals surface area contributed by atoms with Crippen molar-refractivity contribution in [1.29, 1.82) is 0 Å². The summed E-state index contributed by atoms with van der Waals surface area (Å²) in [5, 5.41) is 0.789. The van der Waals surface area contributed by atoms with Crippen LogP contribution < -0.4 is 5.43 Å². The summed E-state index contributed by atoms with van der Waals surface area (Å²) in [7, 11) is 1.94. The minimum absolute atomic E-state index is 0.0895. The van der Waals surface area contributed by atoms with E-state index in [1.165, 1.54) is 0 Å². The van der Waals surface area contributed by atoms with Crippen LogP contribution in [0.2, 0.25) is 0 Å². The molecule has 0 N–H and O–H groups in total. The lowest BCUT2D eigenvalue weighted by Crippen LogP contribution is -2.04. The number of nitrogens with zero attached hydrogens (tertiary/aromatic N) is 1. The molecule has 0 atom stereocenters. The van der Waals surface area contributed by atoms with Crippen LogP contribution in [0.15, 0.2) is 35.3 Å². The van der Waals surface area contributed by atoms with E-state index < -0.39 is 0 Å². The van der Waals surface area contributed by atoms with Crippen molar-refractivity contribution in [1.82, 2.24) is 4.57 Å². The van der Waals surface area contributed by atoms with E-state index in [-0.39, 0.29) is 5.43 Å². The molecule has 0 spiro atoms. The van der Waals surface area contributed by atoms with Crippen LogP contribution >= 0.6 is 22.6 Å². The number of aryl methyl sites for hydroxylation is 1. The lowest BCUT2D eigenvalue weighted by Gasteiger charge is -2.03. The Bertz CT molecular complexity index is 516. The van der Waals surface area contributed by atoms with E-state index in [0.29, 0.717) is 0 Å². The first-order valence-electron chi connectivity index (χ1n) is 3.93. The Morgan fingerprint density at radius 3 is 2.85 bits per heavy atom. The normalized spacial score (nSPS) is 10.6. The number of halogens is 1. The molecule has 3 heteroatoms. The molecule has 13 heavy (non-hydrogen) atoms. The maximum Gasteiger partial charge on any atom is 0.189 e. The topological polar surface area (TPSA) is 22.0 Å². The average Bonchev–Trinajstić information content (AvgIpc) is 2.12. The van der Waals surface area contributed by atoms with Crippen molar-refractivity contribution in [2.45, 2.75) is 0 Å². The Kier molecular flexibility index (Phi) is 2.11. The third-order valence-corrected chi connectivity index (χ3v) is 2.72. The number of fused-ring (bicyclic) bond motifs is 1. The van der Waals surface area contributed by atoms with E-state index in [1.807, 2.05) is 29.8 Å². The summed E-state index contributed by atoms with van der Waals surface area (Å²) in [6.45, 7) is 0. The lowest BCUT2D eigenvalue weighted by molar-refractivity contribution is 0.950. The molecular formula is C10H8INO. The van der Waals surface area contributed by atoms with Crippen LogP contribution in [0.5, 0.6) is 0 Å². The van der Waals surface area contributed by atoms with Crippen molar-refractivity contribution in [2.75, 3.05) is 0 Å². The molecule has 1 aromatic carbocycles. The van der Waals surface area contributed by atoms with Gasteiger partial charge in [-0.1, -0.05) is 0 Å². The Morgan fingerprint density at radius 1 is 1.31 bits per heavy atom. The molecule has 2 aromatic rings. The maximum absolute atomic E-state index is 11.5. The summed E-state index contributed by atoms with van der Waals surface area (Å²) in [4.78, 5) is 11.5. The van der Waals surface area contributed by atoms with Crippen molar-refractivity contribution in [3.05, 3.63) is 44.3 Å². The summed E-state index contributed by atoms with van der Waals surface area (Å²) in [5.41, 5.74) is 1.07. The fraction of sp³-hybridized carbons (Fsp3) is 0.100. The molecule has 0 aliphatic carbocycles. The third-order valence-electron chi connectivity index (χ3n) is 2.05. The molecule has 1 heterocycles. The maximum atomic E-state index is 11.5. The molecule has 1 aromatic heterocycles. The first kappa shape index (κ1) is 8.74. The predicted molar refractivity (Wildman–Crippen MR) is 61.9 cm³/mol. The highest BCUT2D eigenvalue weighted by Crippen LogP contribution is 2.12. The van der Waals surface area contributed by atoms with Gasteiger partial charge >= 0.3 is 0 Å². The van der Waals surface area contributed by atoms with Crippen LogP contribution in [0.1, 0.15) is 0 Å². The molecule has 2 rings (SSSR count). The monoisotopic (exact) mass is 285 g/mol. The quantitative estimate of drug-likeness (QED) is 0.680. The third kappa shape index (κ3) is 1.48. The molecule has 2 nitrogen and oxygen atoms in total. The number of benzene rings is 1. The second-order valence-corrected chi connectivity index (χ2v) is 4.20. The van der Waals surface area contributed by atoms with Gasteiger partial charge in [0.15, 0.2) is 5.43 Å². The van der Waals surface area contributed by atoms with Gasteiger partial charge in [0.25, 0.3) is 0 Å². The molecule has 0 aliphatic heterocycles. The first-order valence-corrected chi connectivity index (χ1v) is 5.01. The lowest BCUT2D eigenvalue weighted by atomic mass is 10.2. The number of hydrogen-bond acceptors (Lipinski definition) is 1. The van der Waals surface area contributed by atoms with Crippen molar-refractivity contribution >= 4 is 33.5 Å². The summed E-state index contributed by atoms with van der Waals surface area (Å²) in [5.74, 6) is 0. The van der Waals surface area contributed by atoms with Crippen LogP contribution in [0.3, 0.4) is 0 Å². The minimum atomic E-state index is 0.0895. The second kappa shape index (κ2) is 3.14. The van der Waals surface area contributed by atoms with Gasteiger partial charge in [-0.2, -0.15) is 0 Å². The van der Waals surface area contributed by atoms with Crippen LogP contribution in [0.4, 0.5) is 0 Å². The zero-order valence-corrected chi connectivity index (χ0v) is 9.28. The van der Waals surface area contributed by atoms with Gasteiger partial charge in [-0.25, -0.2) is 0 Å². The minimum Gasteiger partial charge on any atom is -0.350 e. The molecule has 0 unspecified atom stereocenters. The zero-order valence-electron chi connectivity index (χ0n) is 7.12. The van der Waals surface area contributed by atoms with Crippen molar-refractivity contribution < 1.29 is 0 Å². The Labute approximate surface area is 89.3 Å². The SMILES string of the molecule is Cn1ccc(=O)c2cc(I)ccc21. The number of aromatic nitrogens is 1. The number of hydrogen-bond donors (Lipinski definition) is 0. The van der Waals surface area contributed by atoms with Crippen LogP contribution in [0.25, 0.3) is 10.9 Å². The molecule has 0 amide bonds. The van der Waals surface area contributed by atoms with E-state index in [4.69, 9.17) is 0 Å². The van der Waals surface area contributed by atoms with E-state index in [0.717, 1.165) is 14.5 Å². The van der Waals surface area contributed by atoms with Crippen LogP contribution in [-0.2, 0) is 7.05 Å². The summed E-state index contributed by atoms with van der Waals surface area (Å²) in [6.07, 6.45) is 1.79. The van der Waals surface area contributed by atoms with Crippen LogP contribution in [0, 0.1) is 3.57 Å². The van der Waals surface area contributed by atoms with Crippen molar-refractivity contribution in [2.24, 2.45) is 7.05 Å². The molecule has 0 saturated heterocycles. The average molecular weight is 285 g/mol. The van der Waals surface area contributed by atoms with Crippen molar-refractivity contribution in [3.63, 3.8) is 0 Å². The highest BCUT2D eigenvalue weighted by atomic mass is 127. The summed E-state index contributed by atoms with van der Waals surface area (Å²) in [6, 6.07) is 7.48. The standard InChI is InChI=1S/C10H8INO/c1-12-5-4-10(13)8-6-7(11)2-3-9(8)12/h2-6H,1H3. The van der Waals surface area contributed by atoms with Crippen molar-refractivity contribution in [3.8, 4) is 0 Å². The van der Waals surface area contributed by atoms with E-state index in [2.05, 4.69) is 22.6 Å². The molecule has 0 bridgehead atoms. The van der Waals surface area contributed by atoms with Gasteiger partial charge in [0, 0.05) is 28.3 Å². The first-order chi connectivity index (χ1) is 6.18. The van der Waals surface area contributed by atoms with Gasteiger partial charge in [-0.05, 0) is 40.8 Å². The fourth-order valence-corrected chi connectivity index (χ4v) is 1.85. The Balaban J connectivity index is 3.01. The molecule has 0 radical (unpaired) electrons. The van der Waals surface area contributed by atoms with Crippen LogP contribution in [-0.4, -0.2) is 4.57 Å². The molecule has 0 fully saturated rings. The van der Waals surface area contributed by atoms with Gasteiger partial charge in [0.2, 0.25) is 0 Å². The predicted octanol–water partition coefficient (Wildman–Crippen LogP) is 2.14. The van der Waals surface area contributed by atoms with Gasteiger partial charge in [-0.15, -0.1) is 0 Å². The van der Waals surface area contributed by atoms with Gasteiger partial charge in [0.05, 0.1) is 5.52 Å². The van der Waals surface area contributed by atoms with E-state index in [9.17, 15) is 4.79 Å². The largest absolute Gasteiger partial charge is 0.350 e. The molecule has 66 valence electrons. The van der Waals surface area contributed by atoms with Gasteiger partial charge in [0.1, 0.15) is 0 Å². The van der Waals surface area contributed by atoms with Gasteiger partial charge in [-0.3, -0.25) is 4.79 Å². The fourth-order valence-electron chi connectivity index (χ4n) is 1.36. The second-order valence-electron chi connectivity index (χ2n) is 2.95. The Hall–Kier alpha value is -0.840. The summed E-state index contributed by atoms with van der Waals surface area (Å²) >= 11 is 2.21. The van der Waals surface area contributed by atoms with Gasteiger partial charge < -0.3 is 4.57 Å². The van der Waals surface area contributed by atoms with E-state index in [1.54, 1.807) is 12.3 Å². The highest BCUT2D eigenvalue weighted by Gasteiger charge is 1.99. The molecule has 0 saturated carbocycles. The zero-order chi connectivity index (χ0) is 9.42.